The largest absolute Gasteiger partial charge is 0.481 e. The Morgan fingerprint density at radius 3 is 1.92 bits per heavy atom. The van der Waals surface area contributed by atoms with Crippen molar-refractivity contribution in [3.05, 3.63) is 25.3 Å². The van der Waals surface area contributed by atoms with Crippen LogP contribution >= 0.6 is 0 Å². The lowest BCUT2D eigenvalue weighted by molar-refractivity contribution is -0.145. The molecular formula is C20H34O4. The van der Waals surface area contributed by atoms with Crippen LogP contribution in [0.3, 0.4) is 0 Å². The number of esters is 1. The number of carboxylic acid groups (broad SMARTS) is 1. The van der Waals surface area contributed by atoms with Gasteiger partial charge in [0.2, 0.25) is 0 Å². The van der Waals surface area contributed by atoms with E-state index < -0.39 is 5.97 Å². The van der Waals surface area contributed by atoms with Crippen molar-refractivity contribution < 1.29 is 19.4 Å². The molecule has 0 saturated carbocycles. The molecule has 138 valence electrons. The molecule has 0 amide bonds. The fourth-order valence-corrected chi connectivity index (χ4v) is 2.59. The van der Waals surface area contributed by atoms with Crippen molar-refractivity contribution in [2.24, 2.45) is 5.92 Å². The number of unbranched alkanes of at least 4 members (excludes halogenated alkanes) is 5. The van der Waals surface area contributed by atoms with Gasteiger partial charge >= 0.3 is 11.9 Å². The van der Waals surface area contributed by atoms with E-state index in [1.54, 1.807) is 0 Å². The Bertz CT molecular complexity index is 349. The summed E-state index contributed by atoms with van der Waals surface area (Å²) in [4.78, 5) is 22.2. The molecule has 0 aromatic rings. The van der Waals surface area contributed by atoms with Gasteiger partial charge < -0.3 is 9.84 Å². The Balaban J connectivity index is 3.82. The first kappa shape index (κ1) is 22.4. The zero-order valence-corrected chi connectivity index (χ0v) is 15.0. The van der Waals surface area contributed by atoms with Crippen molar-refractivity contribution in [3.8, 4) is 0 Å². The van der Waals surface area contributed by atoms with Crippen molar-refractivity contribution in [1.82, 2.24) is 0 Å². The zero-order valence-electron chi connectivity index (χ0n) is 15.0. The molecule has 0 bridgehead atoms. The Hall–Kier alpha value is -1.58. The van der Waals surface area contributed by atoms with Crippen LogP contribution in [0.15, 0.2) is 25.3 Å². The molecule has 4 heteroatoms. The van der Waals surface area contributed by atoms with Crippen LogP contribution in [-0.4, -0.2) is 23.7 Å². The molecule has 0 aromatic heterocycles. The van der Waals surface area contributed by atoms with Crippen molar-refractivity contribution in [3.63, 3.8) is 0 Å². The Kier molecular flexibility index (Phi) is 15.2. The van der Waals surface area contributed by atoms with Gasteiger partial charge in [0.05, 0.1) is 6.61 Å². The van der Waals surface area contributed by atoms with Crippen molar-refractivity contribution in [2.45, 2.75) is 77.0 Å². The number of carbonyl (C=O) groups is 2. The van der Waals surface area contributed by atoms with Crippen LogP contribution in [0.1, 0.15) is 77.0 Å². The molecular weight excluding hydrogens is 304 g/mol. The SMILES string of the molecule is C=CCCCC(CCCC=C)COC(=O)CCCCCCC(=O)O. The molecule has 0 atom stereocenters. The van der Waals surface area contributed by atoms with E-state index >= 15 is 0 Å². The van der Waals surface area contributed by atoms with E-state index in [1.165, 1.54) is 0 Å². The number of aliphatic carboxylic acids is 1. The maximum atomic E-state index is 11.8. The van der Waals surface area contributed by atoms with Gasteiger partial charge in [0.25, 0.3) is 0 Å². The van der Waals surface area contributed by atoms with E-state index in [9.17, 15) is 9.59 Å². The molecule has 0 spiro atoms. The van der Waals surface area contributed by atoms with Crippen LogP contribution in [0.25, 0.3) is 0 Å². The van der Waals surface area contributed by atoms with Crippen LogP contribution < -0.4 is 0 Å². The third-order valence-corrected chi connectivity index (χ3v) is 4.04. The molecule has 0 aromatic carbocycles. The summed E-state index contributed by atoms with van der Waals surface area (Å²) in [5.41, 5.74) is 0. The van der Waals surface area contributed by atoms with E-state index in [2.05, 4.69) is 13.2 Å². The molecule has 1 N–H and O–H groups in total. The molecule has 4 nitrogen and oxygen atoms in total. The average Bonchev–Trinajstić information content (AvgIpc) is 2.55. The van der Waals surface area contributed by atoms with E-state index in [1.807, 2.05) is 12.2 Å². The monoisotopic (exact) mass is 338 g/mol. The average molecular weight is 338 g/mol. The van der Waals surface area contributed by atoms with Gasteiger partial charge in [-0.1, -0.05) is 25.0 Å². The summed E-state index contributed by atoms with van der Waals surface area (Å²) < 4.78 is 5.43. The third kappa shape index (κ3) is 15.3. The van der Waals surface area contributed by atoms with Crippen LogP contribution in [0.2, 0.25) is 0 Å². The van der Waals surface area contributed by atoms with Gasteiger partial charge in [0.15, 0.2) is 0 Å². The molecule has 0 aliphatic rings. The molecule has 0 aliphatic heterocycles. The van der Waals surface area contributed by atoms with Crippen LogP contribution in [0, 0.1) is 5.92 Å². The Labute approximate surface area is 147 Å². The molecule has 0 aliphatic carbocycles. The number of carboxylic acids is 1. The normalized spacial score (nSPS) is 10.5. The second kappa shape index (κ2) is 16.3. The minimum absolute atomic E-state index is 0.134. The fraction of sp³-hybridized carbons (Fsp3) is 0.700. The van der Waals surface area contributed by atoms with Crippen LogP contribution in [-0.2, 0) is 14.3 Å². The third-order valence-electron chi connectivity index (χ3n) is 4.04. The zero-order chi connectivity index (χ0) is 18.0. The Morgan fingerprint density at radius 1 is 0.875 bits per heavy atom. The number of allylic oxidation sites excluding steroid dienone is 2. The smallest absolute Gasteiger partial charge is 0.305 e. The second-order valence-electron chi connectivity index (χ2n) is 6.30. The number of hydrogen-bond acceptors (Lipinski definition) is 3. The van der Waals surface area contributed by atoms with E-state index in [0.29, 0.717) is 25.4 Å². The molecule has 0 fully saturated rings. The standard InChI is InChI=1S/C20H34O4/c1-3-5-9-13-18(14-10-6-4-2)17-24-20(23)16-12-8-7-11-15-19(21)22/h3-4,18H,1-2,5-17H2,(H,21,22). The van der Waals surface area contributed by atoms with E-state index in [4.69, 9.17) is 9.84 Å². The summed E-state index contributed by atoms with van der Waals surface area (Å²) in [6, 6.07) is 0. The maximum Gasteiger partial charge on any atom is 0.305 e. The number of ether oxygens (including phenoxy) is 1. The molecule has 0 unspecified atom stereocenters. The van der Waals surface area contributed by atoms with Crippen molar-refractivity contribution in [2.75, 3.05) is 6.61 Å². The summed E-state index contributed by atoms with van der Waals surface area (Å²) in [5, 5.41) is 8.55. The van der Waals surface area contributed by atoms with Crippen molar-refractivity contribution in [1.29, 1.82) is 0 Å². The van der Waals surface area contributed by atoms with Gasteiger partial charge in [-0.25, -0.2) is 0 Å². The molecule has 0 saturated heterocycles. The fourth-order valence-electron chi connectivity index (χ4n) is 2.59. The lowest BCUT2D eigenvalue weighted by Gasteiger charge is -2.16. The van der Waals surface area contributed by atoms with Gasteiger partial charge in [-0.05, 0) is 57.3 Å². The topological polar surface area (TPSA) is 63.6 Å². The highest BCUT2D eigenvalue weighted by Crippen LogP contribution is 2.17. The summed E-state index contributed by atoms with van der Waals surface area (Å²) in [6.07, 6.45) is 14.0. The van der Waals surface area contributed by atoms with Crippen molar-refractivity contribution >= 4 is 11.9 Å². The number of hydrogen-bond donors (Lipinski definition) is 1. The highest BCUT2D eigenvalue weighted by atomic mass is 16.5. The quantitative estimate of drug-likeness (QED) is 0.222. The second-order valence-corrected chi connectivity index (χ2v) is 6.30. The molecule has 24 heavy (non-hydrogen) atoms. The first-order valence-corrected chi connectivity index (χ1v) is 9.19. The van der Waals surface area contributed by atoms with E-state index in [0.717, 1.165) is 57.8 Å². The molecule has 0 rings (SSSR count). The maximum absolute atomic E-state index is 11.8. The minimum Gasteiger partial charge on any atom is -0.481 e. The predicted molar refractivity (Wildman–Crippen MR) is 97.9 cm³/mol. The van der Waals surface area contributed by atoms with Gasteiger partial charge in [-0.2, -0.15) is 0 Å². The molecule has 0 radical (unpaired) electrons. The lowest BCUT2D eigenvalue weighted by atomic mass is 9.96. The van der Waals surface area contributed by atoms with Gasteiger partial charge in [-0.15, -0.1) is 13.2 Å². The van der Waals surface area contributed by atoms with Gasteiger partial charge in [-0.3, -0.25) is 9.59 Å². The van der Waals surface area contributed by atoms with Crippen LogP contribution in [0.4, 0.5) is 0 Å². The summed E-state index contributed by atoms with van der Waals surface area (Å²) in [7, 11) is 0. The highest BCUT2D eigenvalue weighted by molar-refractivity contribution is 5.69. The van der Waals surface area contributed by atoms with Gasteiger partial charge in [0, 0.05) is 12.8 Å². The first-order valence-electron chi connectivity index (χ1n) is 9.19. The van der Waals surface area contributed by atoms with Crippen LogP contribution in [0.5, 0.6) is 0 Å². The number of rotatable bonds is 17. The summed E-state index contributed by atoms with van der Waals surface area (Å²) in [6.45, 7) is 7.99. The number of carbonyl (C=O) groups excluding carboxylic acids is 1. The van der Waals surface area contributed by atoms with Gasteiger partial charge in [0.1, 0.15) is 0 Å². The highest BCUT2D eigenvalue weighted by Gasteiger charge is 2.11. The van der Waals surface area contributed by atoms with E-state index in [-0.39, 0.29) is 12.4 Å². The Morgan fingerprint density at radius 2 is 1.42 bits per heavy atom. The summed E-state index contributed by atoms with van der Waals surface area (Å²) >= 11 is 0. The minimum atomic E-state index is -0.756. The predicted octanol–water partition coefficient (Wildman–Crippen LogP) is 5.28. The molecule has 0 heterocycles. The summed E-state index contributed by atoms with van der Waals surface area (Å²) in [5.74, 6) is -0.469. The lowest BCUT2D eigenvalue weighted by Crippen LogP contribution is -2.14. The first-order chi connectivity index (χ1) is 11.6.